The molecule has 0 saturated heterocycles. The second-order valence-corrected chi connectivity index (χ2v) is 3.27. The molecule has 0 unspecified atom stereocenters. The Kier molecular flexibility index (Phi) is 1.79. The highest BCUT2D eigenvalue weighted by Crippen LogP contribution is 2.21. The van der Waals surface area contributed by atoms with Gasteiger partial charge in [-0.15, -0.1) is 10.2 Å². The molecular formula is C10H8N6. The van der Waals surface area contributed by atoms with Gasteiger partial charge in [0.1, 0.15) is 12.0 Å². The molecule has 0 aliphatic rings. The van der Waals surface area contributed by atoms with Gasteiger partial charge in [0, 0.05) is 5.56 Å². The highest BCUT2D eigenvalue weighted by atomic mass is 15.4. The van der Waals surface area contributed by atoms with Gasteiger partial charge in [-0.05, 0) is 0 Å². The van der Waals surface area contributed by atoms with E-state index in [4.69, 9.17) is 5.73 Å². The number of anilines is 1. The summed E-state index contributed by atoms with van der Waals surface area (Å²) in [5.74, 6) is 0.839. The normalized spacial score (nSPS) is 10.8. The molecule has 0 saturated carbocycles. The van der Waals surface area contributed by atoms with Crippen LogP contribution in [0.25, 0.3) is 17.0 Å². The fraction of sp³-hybridized carbons (Fsp3) is 0. The molecule has 3 aromatic rings. The summed E-state index contributed by atoms with van der Waals surface area (Å²) in [5.41, 5.74) is 7.47. The Hall–Kier alpha value is -2.50. The smallest absolute Gasteiger partial charge is 0.273 e. The molecule has 2 N–H and O–H groups in total. The Balaban J connectivity index is 2.28. The van der Waals surface area contributed by atoms with Crippen molar-refractivity contribution in [1.82, 2.24) is 24.8 Å². The molecule has 0 bridgehead atoms. The van der Waals surface area contributed by atoms with E-state index >= 15 is 0 Å². The van der Waals surface area contributed by atoms with Gasteiger partial charge < -0.3 is 5.73 Å². The van der Waals surface area contributed by atoms with Crippen molar-refractivity contribution >= 4 is 11.6 Å². The van der Waals surface area contributed by atoms with Crippen LogP contribution in [-0.2, 0) is 0 Å². The number of benzene rings is 1. The van der Waals surface area contributed by atoms with Crippen molar-refractivity contribution in [2.45, 2.75) is 0 Å². The molecule has 2 aromatic heterocycles. The molecule has 0 fully saturated rings. The fourth-order valence-corrected chi connectivity index (χ4v) is 1.52. The maximum absolute atomic E-state index is 5.95. The van der Waals surface area contributed by atoms with Crippen LogP contribution < -0.4 is 5.73 Å². The number of nitrogen functional groups attached to an aromatic ring is 1. The van der Waals surface area contributed by atoms with Crippen molar-refractivity contribution in [3.8, 4) is 11.3 Å². The first kappa shape index (κ1) is 8.78. The maximum Gasteiger partial charge on any atom is 0.273 e. The van der Waals surface area contributed by atoms with Gasteiger partial charge in [0.15, 0.2) is 5.82 Å². The van der Waals surface area contributed by atoms with Crippen LogP contribution in [0.15, 0.2) is 36.7 Å². The topological polar surface area (TPSA) is 82.0 Å². The van der Waals surface area contributed by atoms with E-state index in [0.717, 1.165) is 5.56 Å². The summed E-state index contributed by atoms with van der Waals surface area (Å²) in [4.78, 5) is 3.91. The molecule has 0 amide bonds. The van der Waals surface area contributed by atoms with Crippen LogP contribution in [0.5, 0.6) is 0 Å². The highest BCUT2D eigenvalue weighted by molar-refractivity contribution is 5.70. The summed E-state index contributed by atoms with van der Waals surface area (Å²) in [6.07, 6.45) is 1.40. The number of aromatic nitrogens is 5. The van der Waals surface area contributed by atoms with Crippen LogP contribution in [0.2, 0.25) is 0 Å². The van der Waals surface area contributed by atoms with E-state index in [-0.39, 0.29) is 0 Å². The molecule has 0 aliphatic heterocycles. The first-order valence-electron chi connectivity index (χ1n) is 4.73. The molecule has 0 aliphatic carbocycles. The third kappa shape index (κ3) is 1.20. The molecule has 0 spiro atoms. The molecular weight excluding hydrogens is 204 g/mol. The molecule has 1 aromatic carbocycles. The lowest BCUT2D eigenvalue weighted by atomic mass is 10.1. The minimum atomic E-state index is 0.400. The Labute approximate surface area is 90.8 Å². The van der Waals surface area contributed by atoms with Gasteiger partial charge in [-0.3, -0.25) is 0 Å². The number of hydrogen-bond acceptors (Lipinski definition) is 5. The molecule has 6 nitrogen and oxygen atoms in total. The van der Waals surface area contributed by atoms with Crippen LogP contribution in [0.1, 0.15) is 0 Å². The van der Waals surface area contributed by atoms with Gasteiger partial charge >= 0.3 is 0 Å². The van der Waals surface area contributed by atoms with Gasteiger partial charge in [0.25, 0.3) is 5.78 Å². The van der Waals surface area contributed by atoms with E-state index in [1.165, 1.54) is 10.8 Å². The van der Waals surface area contributed by atoms with E-state index in [1.54, 1.807) is 0 Å². The first-order valence-corrected chi connectivity index (χ1v) is 4.73. The zero-order valence-electron chi connectivity index (χ0n) is 8.28. The monoisotopic (exact) mass is 212 g/mol. The summed E-state index contributed by atoms with van der Waals surface area (Å²) in [6, 6.07) is 9.61. The molecule has 3 rings (SSSR count). The maximum atomic E-state index is 5.95. The zero-order valence-corrected chi connectivity index (χ0v) is 8.28. The molecule has 0 radical (unpaired) electrons. The van der Waals surface area contributed by atoms with E-state index in [9.17, 15) is 0 Å². The van der Waals surface area contributed by atoms with Crippen molar-refractivity contribution in [2.75, 3.05) is 5.73 Å². The standard InChI is InChI=1S/C10H8N6/c11-9-8(7-4-2-1-3-5-7)14-15-10-12-6-13-16(9)10/h1-6H,11H2. The summed E-state index contributed by atoms with van der Waals surface area (Å²) in [7, 11) is 0. The minimum Gasteiger partial charge on any atom is -0.382 e. The second kappa shape index (κ2) is 3.27. The molecule has 78 valence electrons. The van der Waals surface area contributed by atoms with Gasteiger partial charge in [-0.1, -0.05) is 30.3 Å². The summed E-state index contributed by atoms with van der Waals surface area (Å²) >= 11 is 0. The summed E-state index contributed by atoms with van der Waals surface area (Å²) in [6.45, 7) is 0. The van der Waals surface area contributed by atoms with Gasteiger partial charge in [0.05, 0.1) is 0 Å². The largest absolute Gasteiger partial charge is 0.382 e. The average molecular weight is 212 g/mol. The van der Waals surface area contributed by atoms with E-state index < -0.39 is 0 Å². The number of rotatable bonds is 1. The van der Waals surface area contributed by atoms with Crippen LogP contribution >= 0.6 is 0 Å². The zero-order chi connectivity index (χ0) is 11.0. The summed E-state index contributed by atoms with van der Waals surface area (Å²) < 4.78 is 1.47. The van der Waals surface area contributed by atoms with E-state index in [1.807, 2.05) is 30.3 Å². The fourth-order valence-electron chi connectivity index (χ4n) is 1.52. The van der Waals surface area contributed by atoms with Crippen molar-refractivity contribution in [2.24, 2.45) is 0 Å². The van der Waals surface area contributed by atoms with Crippen LogP contribution in [0.4, 0.5) is 5.82 Å². The SMILES string of the molecule is Nc1c(-c2ccccc2)nnc2ncnn12. The molecule has 16 heavy (non-hydrogen) atoms. The number of hydrogen-bond donors (Lipinski definition) is 1. The third-order valence-electron chi connectivity index (χ3n) is 2.29. The van der Waals surface area contributed by atoms with Crippen LogP contribution in [0, 0.1) is 0 Å². The Bertz CT molecular complexity index is 630. The molecule has 2 heterocycles. The highest BCUT2D eigenvalue weighted by Gasteiger charge is 2.10. The number of nitrogens with zero attached hydrogens (tertiary/aromatic N) is 5. The average Bonchev–Trinajstić information content (AvgIpc) is 2.80. The lowest BCUT2D eigenvalue weighted by Gasteiger charge is -2.03. The van der Waals surface area contributed by atoms with Gasteiger partial charge in [-0.2, -0.15) is 14.6 Å². The number of fused-ring (bicyclic) bond motifs is 1. The number of nitrogens with two attached hydrogens (primary N) is 1. The Morgan fingerprint density at radius 3 is 2.69 bits per heavy atom. The predicted octanol–water partition coefficient (Wildman–Crippen LogP) is 0.768. The lowest BCUT2D eigenvalue weighted by molar-refractivity contribution is 0.904. The lowest BCUT2D eigenvalue weighted by Crippen LogP contribution is -2.05. The summed E-state index contributed by atoms with van der Waals surface area (Å²) in [5, 5.41) is 12.0. The van der Waals surface area contributed by atoms with Crippen molar-refractivity contribution in [3.63, 3.8) is 0 Å². The Morgan fingerprint density at radius 2 is 1.88 bits per heavy atom. The van der Waals surface area contributed by atoms with Crippen molar-refractivity contribution in [3.05, 3.63) is 36.7 Å². The molecule has 6 heteroatoms. The minimum absolute atomic E-state index is 0.400. The predicted molar refractivity (Wildman–Crippen MR) is 58.4 cm³/mol. The first-order chi connectivity index (χ1) is 7.86. The van der Waals surface area contributed by atoms with Crippen LogP contribution in [-0.4, -0.2) is 24.8 Å². The second-order valence-electron chi connectivity index (χ2n) is 3.27. The van der Waals surface area contributed by atoms with Crippen LogP contribution in [0.3, 0.4) is 0 Å². The van der Waals surface area contributed by atoms with Gasteiger partial charge in [-0.25, -0.2) is 0 Å². The van der Waals surface area contributed by atoms with Crippen molar-refractivity contribution in [1.29, 1.82) is 0 Å². The third-order valence-corrected chi connectivity index (χ3v) is 2.29. The van der Waals surface area contributed by atoms with Gasteiger partial charge in [0.2, 0.25) is 0 Å². The van der Waals surface area contributed by atoms with E-state index in [0.29, 0.717) is 17.3 Å². The quantitative estimate of drug-likeness (QED) is 0.644. The van der Waals surface area contributed by atoms with Crippen molar-refractivity contribution < 1.29 is 0 Å². The van der Waals surface area contributed by atoms with E-state index in [2.05, 4.69) is 20.3 Å². The Morgan fingerprint density at radius 1 is 1.06 bits per heavy atom. The molecule has 0 atom stereocenters.